The maximum Gasteiger partial charge on any atom is 0.337 e. The quantitative estimate of drug-likeness (QED) is 0.629. The van der Waals surface area contributed by atoms with Crippen LogP contribution in [-0.4, -0.2) is 17.4 Å². The first-order valence-electron chi connectivity index (χ1n) is 4.85. The molecule has 0 radical (unpaired) electrons. The summed E-state index contributed by atoms with van der Waals surface area (Å²) in [4.78, 5) is 11.4. The minimum Gasteiger partial charge on any atom is -0.467 e. The molecule has 1 atom stereocenters. The number of hydrogen-bond donors (Lipinski definition) is 0. The van der Waals surface area contributed by atoms with Gasteiger partial charge in [-0.3, -0.25) is 0 Å². The van der Waals surface area contributed by atoms with E-state index >= 15 is 0 Å². The molecule has 1 rings (SSSR count). The van der Waals surface area contributed by atoms with Crippen LogP contribution in [0.15, 0.2) is 30.3 Å². The van der Waals surface area contributed by atoms with E-state index in [0.717, 1.165) is 5.56 Å². The summed E-state index contributed by atoms with van der Waals surface area (Å²) in [6, 6.07) is 11.6. The average molecular weight is 282 g/mol. The number of methoxy groups -OCH3 is 1. The SMILES string of the molecule is COC(=O)[C@](Br)(C#N)CCc1ccccc1. The molecule has 0 saturated carbocycles. The molecule has 0 bridgehead atoms. The van der Waals surface area contributed by atoms with E-state index in [1.54, 1.807) is 0 Å². The largest absolute Gasteiger partial charge is 0.467 e. The summed E-state index contributed by atoms with van der Waals surface area (Å²) in [7, 11) is 1.28. The molecule has 0 fully saturated rings. The van der Waals surface area contributed by atoms with Gasteiger partial charge in [0.25, 0.3) is 0 Å². The van der Waals surface area contributed by atoms with Crippen LogP contribution >= 0.6 is 15.9 Å². The number of carbonyl (C=O) groups is 1. The van der Waals surface area contributed by atoms with Gasteiger partial charge < -0.3 is 4.74 Å². The van der Waals surface area contributed by atoms with Crippen molar-refractivity contribution in [3.8, 4) is 6.07 Å². The summed E-state index contributed by atoms with van der Waals surface area (Å²) < 4.78 is 3.35. The number of nitrogens with zero attached hydrogens (tertiary/aromatic N) is 1. The zero-order valence-corrected chi connectivity index (χ0v) is 10.5. The van der Waals surface area contributed by atoms with Crippen molar-refractivity contribution < 1.29 is 9.53 Å². The highest BCUT2D eigenvalue weighted by atomic mass is 79.9. The van der Waals surface area contributed by atoms with E-state index < -0.39 is 10.3 Å². The van der Waals surface area contributed by atoms with Crippen LogP contribution in [-0.2, 0) is 16.0 Å². The van der Waals surface area contributed by atoms with Crippen molar-refractivity contribution in [2.45, 2.75) is 17.2 Å². The maximum atomic E-state index is 11.4. The number of benzene rings is 1. The summed E-state index contributed by atoms with van der Waals surface area (Å²) in [6.45, 7) is 0. The number of nitriles is 1. The molecule has 0 unspecified atom stereocenters. The molecule has 1 aromatic rings. The minimum atomic E-state index is -1.24. The molecule has 0 aliphatic carbocycles. The third kappa shape index (κ3) is 3.07. The fourth-order valence-corrected chi connectivity index (χ4v) is 1.69. The number of rotatable bonds is 4. The number of aryl methyl sites for hydroxylation is 1. The monoisotopic (exact) mass is 281 g/mol. The molecular weight excluding hydrogens is 270 g/mol. The fourth-order valence-electron chi connectivity index (χ4n) is 1.33. The Morgan fingerprint density at radius 2 is 2.12 bits per heavy atom. The first-order chi connectivity index (χ1) is 7.62. The van der Waals surface area contributed by atoms with Crippen molar-refractivity contribution in [2.75, 3.05) is 7.11 Å². The van der Waals surface area contributed by atoms with Gasteiger partial charge >= 0.3 is 5.97 Å². The van der Waals surface area contributed by atoms with Crippen LogP contribution in [0.4, 0.5) is 0 Å². The molecule has 0 amide bonds. The molecular formula is C12H12BrNO2. The summed E-state index contributed by atoms with van der Waals surface area (Å²) in [5.74, 6) is -0.550. The normalized spacial score (nSPS) is 13.6. The van der Waals surface area contributed by atoms with Crippen LogP contribution in [0.25, 0.3) is 0 Å². The minimum absolute atomic E-state index is 0.389. The summed E-state index contributed by atoms with van der Waals surface area (Å²) >= 11 is 3.13. The van der Waals surface area contributed by atoms with Gasteiger partial charge in [-0.25, -0.2) is 4.79 Å². The van der Waals surface area contributed by atoms with Crippen LogP contribution in [0.5, 0.6) is 0 Å². The molecule has 16 heavy (non-hydrogen) atoms. The number of hydrogen-bond acceptors (Lipinski definition) is 3. The third-order valence-electron chi connectivity index (χ3n) is 2.29. The highest BCUT2D eigenvalue weighted by Gasteiger charge is 2.36. The zero-order valence-electron chi connectivity index (χ0n) is 8.94. The molecule has 84 valence electrons. The van der Waals surface area contributed by atoms with Gasteiger partial charge in [0.1, 0.15) is 0 Å². The van der Waals surface area contributed by atoms with Crippen molar-refractivity contribution in [1.82, 2.24) is 0 Å². The lowest BCUT2D eigenvalue weighted by molar-refractivity contribution is -0.141. The Morgan fingerprint density at radius 3 is 2.62 bits per heavy atom. The second kappa shape index (κ2) is 5.66. The van der Waals surface area contributed by atoms with E-state index in [2.05, 4.69) is 20.7 Å². The van der Waals surface area contributed by atoms with Gasteiger partial charge in [-0.15, -0.1) is 0 Å². The fraction of sp³-hybridized carbons (Fsp3) is 0.333. The Balaban J connectivity index is 2.66. The molecule has 0 aliphatic heterocycles. The molecule has 0 aromatic heterocycles. The highest BCUT2D eigenvalue weighted by molar-refractivity contribution is 9.10. The van der Waals surface area contributed by atoms with Gasteiger partial charge in [0.2, 0.25) is 4.32 Å². The molecule has 4 heteroatoms. The van der Waals surface area contributed by atoms with Crippen molar-refractivity contribution in [3.63, 3.8) is 0 Å². The standard InChI is InChI=1S/C12H12BrNO2/c1-16-11(15)12(13,9-14)8-7-10-5-3-2-4-6-10/h2-6H,7-8H2,1H3/t12-/m1/s1. The van der Waals surface area contributed by atoms with Gasteiger partial charge in [-0.05, 0) is 18.4 Å². The Hall–Kier alpha value is -1.34. The topological polar surface area (TPSA) is 50.1 Å². The van der Waals surface area contributed by atoms with Crippen LogP contribution in [0, 0.1) is 11.3 Å². The van der Waals surface area contributed by atoms with E-state index in [1.807, 2.05) is 36.4 Å². The Kier molecular flexibility index (Phi) is 4.51. The average Bonchev–Trinajstić information content (AvgIpc) is 2.36. The van der Waals surface area contributed by atoms with E-state index in [1.165, 1.54) is 7.11 Å². The first kappa shape index (κ1) is 12.7. The lowest BCUT2D eigenvalue weighted by atomic mass is 10.0. The second-order valence-corrected chi connectivity index (χ2v) is 4.74. The van der Waals surface area contributed by atoms with Crippen LogP contribution in [0.2, 0.25) is 0 Å². The molecule has 0 spiro atoms. The van der Waals surface area contributed by atoms with E-state index in [0.29, 0.717) is 12.8 Å². The zero-order chi connectivity index (χ0) is 12.0. The summed E-state index contributed by atoms with van der Waals surface area (Å²) in [5.41, 5.74) is 1.09. The Labute approximate surface area is 103 Å². The summed E-state index contributed by atoms with van der Waals surface area (Å²) in [6.07, 6.45) is 1.04. The van der Waals surface area contributed by atoms with Crippen molar-refractivity contribution in [1.29, 1.82) is 5.26 Å². The highest BCUT2D eigenvalue weighted by Crippen LogP contribution is 2.25. The number of alkyl halides is 1. The van der Waals surface area contributed by atoms with Gasteiger partial charge in [0.05, 0.1) is 13.2 Å². The smallest absolute Gasteiger partial charge is 0.337 e. The number of halogens is 1. The Bertz CT molecular complexity index is 399. The Morgan fingerprint density at radius 1 is 1.50 bits per heavy atom. The number of carbonyl (C=O) groups excluding carboxylic acids is 1. The maximum absolute atomic E-state index is 11.4. The molecule has 0 N–H and O–H groups in total. The lowest BCUT2D eigenvalue weighted by Crippen LogP contribution is -2.32. The van der Waals surface area contributed by atoms with Crippen LogP contribution < -0.4 is 0 Å². The number of ether oxygens (including phenoxy) is 1. The van der Waals surface area contributed by atoms with Gasteiger partial charge in [-0.2, -0.15) is 5.26 Å². The molecule has 3 nitrogen and oxygen atoms in total. The van der Waals surface area contributed by atoms with Gasteiger partial charge in [0.15, 0.2) is 0 Å². The third-order valence-corrected chi connectivity index (χ3v) is 3.18. The van der Waals surface area contributed by atoms with E-state index in [4.69, 9.17) is 5.26 Å². The van der Waals surface area contributed by atoms with Crippen molar-refractivity contribution in [2.24, 2.45) is 0 Å². The predicted octanol–water partition coefficient (Wildman–Crippen LogP) is 2.45. The van der Waals surface area contributed by atoms with Crippen LogP contribution in [0.1, 0.15) is 12.0 Å². The van der Waals surface area contributed by atoms with Crippen LogP contribution in [0.3, 0.4) is 0 Å². The van der Waals surface area contributed by atoms with E-state index in [9.17, 15) is 4.79 Å². The van der Waals surface area contributed by atoms with E-state index in [-0.39, 0.29) is 0 Å². The first-order valence-corrected chi connectivity index (χ1v) is 5.64. The molecule has 1 aromatic carbocycles. The lowest BCUT2D eigenvalue weighted by Gasteiger charge is -2.16. The molecule has 0 saturated heterocycles. The molecule has 0 heterocycles. The van der Waals surface area contributed by atoms with Crippen molar-refractivity contribution >= 4 is 21.9 Å². The van der Waals surface area contributed by atoms with Gasteiger partial charge in [-0.1, -0.05) is 46.3 Å². The molecule has 0 aliphatic rings. The second-order valence-electron chi connectivity index (χ2n) is 3.39. The number of esters is 1. The predicted molar refractivity (Wildman–Crippen MR) is 64.1 cm³/mol. The summed E-state index contributed by atoms with van der Waals surface area (Å²) in [5, 5.41) is 8.97. The van der Waals surface area contributed by atoms with Crippen molar-refractivity contribution in [3.05, 3.63) is 35.9 Å². The van der Waals surface area contributed by atoms with Gasteiger partial charge in [0, 0.05) is 0 Å².